The van der Waals surface area contributed by atoms with Crippen LogP contribution in [0.2, 0.25) is 0 Å². The van der Waals surface area contributed by atoms with Gasteiger partial charge in [0, 0.05) is 37.8 Å². The van der Waals surface area contributed by atoms with E-state index in [1.807, 2.05) is 38.1 Å². The van der Waals surface area contributed by atoms with Gasteiger partial charge in [-0.1, -0.05) is 6.07 Å². The predicted octanol–water partition coefficient (Wildman–Crippen LogP) is 3.29. The lowest BCUT2D eigenvalue weighted by atomic mass is 10.0. The maximum atomic E-state index is 12.5. The van der Waals surface area contributed by atoms with E-state index < -0.39 is 0 Å². The Balaban J connectivity index is 1.39. The van der Waals surface area contributed by atoms with E-state index in [0.717, 1.165) is 48.6 Å². The number of hydrogen-bond donors (Lipinski definition) is 1. The summed E-state index contributed by atoms with van der Waals surface area (Å²) in [5.41, 5.74) is 3.60. The van der Waals surface area contributed by atoms with Gasteiger partial charge in [-0.2, -0.15) is 0 Å². The molecular weight excluding hydrogens is 342 g/mol. The van der Waals surface area contributed by atoms with Gasteiger partial charge in [-0.3, -0.25) is 4.79 Å². The van der Waals surface area contributed by atoms with Gasteiger partial charge in [0.2, 0.25) is 0 Å². The molecule has 2 saturated heterocycles. The number of anilines is 2. The van der Waals surface area contributed by atoms with E-state index in [-0.39, 0.29) is 11.7 Å². The normalized spacial score (nSPS) is 18.7. The summed E-state index contributed by atoms with van der Waals surface area (Å²) >= 11 is 0. The molecule has 2 fully saturated rings. The maximum absolute atomic E-state index is 12.5. The number of benzene rings is 1. The van der Waals surface area contributed by atoms with E-state index in [4.69, 9.17) is 9.47 Å². The van der Waals surface area contributed by atoms with E-state index in [1.165, 1.54) is 0 Å². The number of carbonyl (C=O) groups is 1. The number of piperidine rings is 1. The Bertz CT molecular complexity index is 799. The summed E-state index contributed by atoms with van der Waals surface area (Å²) in [6, 6.07) is 9.74. The predicted molar refractivity (Wildman–Crippen MR) is 104 cm³/mol. The smallest absolute Gasteiger partial charge is 0.257 e. The first kappa shape index (κ1) is 17.9. The zero-order chi connectivity index (χ0) is 18.9. The number of rotatable bonds is 3. The highest BCUT2D eigenvalue weighted by molar-refractivity contribution is 6.04. The van der Waals surface area contributed by atoms with Crippen LogP contribution in [0.25, 0.3) is 0 Å². The molecule has 1 aromatic carbocycles. The lowest BCUT2D eigenvalue weighted by Crippen LogP contribution is -2.45. The van der Waals surface area contributed by atoms with Gasteiger partial charge in [-0.25, -0.2) is 4.98 Å². The molecule has 0 atom stereocenters. The highest BCUT2D eigenvalue weighted by atomic mass is 16.7. The quantitative estimate of drug-likeness (QED) is 0.902. The number of aromatic nitrogens is 1. The minimum atomic E-state index is -0.387. The molecule has 2 aliphatic rings. The van der Waals surface area contributed by atoms with E-state index in [2.05, 4.69) is 21.3 Å². The van der Waals surface area contributed by atoms with Crippen LogP contribution in [-0.2, 0) is 9.47 Å². The van der Waals surface area contributed by atoms with Crippen molar-refractivity contribution in [1.29, 1.82) is 0 Å². The number of nitrogens with zero attached hydrogens (tertiary/aromatic N) is 2. The van der Waals surface area contributed by atoms with E-state index in [0.29, 0.717) is 18.8 Å². The van der Waals surface area contributed by atoms with Crippen molar-refractivity contribution in [2.24, 2.45) is 0 Å². The highest BCUT2D eigenvalue weighted by Gasteiger charge is 2.39. The third-order valence-electron chi connectivity index (χ3n) is 5.15. The first-order valence-corrected chi connectivity index (χ1v) is 9.42. The molecule has 0 bridgehead atoms. The molecule has 1 N–H and O–H groups in total. The number of carbonyl (C=O) groups excluding carboxylic acids is 1. The third-order valence-corrected chi connectivity index (χ3v) is 5.15. The molecule has 0 unspecified atom stereocenters. The molecule has 3 heterocycles. The second kappa shape index (κ2) is 7.29. The Morgan fingerprint density at radius 3 is 2.33 bits per heavy atom. The summed E-state index contributed by atoms with van der Waals surface area (Å²) in [5, 5.41) is 2.95. The Labute approximate surface area is 159 Å². The number of aryl methyl sites for hydroxylation is 2. The molecule has 6 nitrogen and oxygen atoms in total. The molecule has 27 heavy (non-hydrogen) atoms. The van der Waals surface area contributed by atoms with Crippen LogP contribution in [0.3, 0.4) is 0 Å². The van der Waals surface area contributed by atoms with E-state index >= 15 is 0 Å². The molecule has 142 valence electrons. The summed E-state index contributed by atoms with van der Waals surface area (Å²) in [6.45, 7) is 7.07. The molecule has 4 rings (SSSR count). The van der Waals surface area contributed by atoms with Crippen LogP contribution in [0.4, 0.5) is 11.5 Å². The van der Waals surface area contributed by atoms with Crippen molar-refractivity contribution in [3.63, 3.8) is 0 Å². The highest BCUT2D eigenvalue weighted by Crippen LogP contribution is 2.32. The van der Waals surface area contributed by atoms with Gasteiger partial charge in [0.25, 0.3) is 5.91 Å². The molecule has 2 aliphatic heterocycles. The lowest BCUT2D eigenvalue weighted by Gasteiger charge is -2.38. The second-order valence-electron chi connectivity index (χ2n) is 7.33. The van der Waals surface area contributed by atoms with Crippen molar-refractivity contribution < 1.29 is 14.3 Å². The molecule has 2 aromatic rings. The van der Waals surface area contributed by atoms with Gasteiger partial charge >= 0.3 is 0 Å². The average molecular weight is 367 g/mol. The Morgan fingerprint density at radius 1 is 1.07 bits per heavy atom. The second-order valence-corrected chi connectivity index (χ2v) is 7.33. The zero-order valence-corrected chi connectivity index (χ0v) is 15.8. The number of pyridine rings is 1. The minimum Gasteiger partial charge on any atom is -0.356 e. The molecule has 1 spiro atoms. The van der Waals surface area contributed by atoms with Crippen LogP contribution in [0.15, 0.2) is 36.5 Å². The van der Waals surface area contributed by atoms with Crippen LogP contribution >= 0.6 is 0 Å². The van der Waals surface area contributed by atoms with Crippen molar-refractivity contribution in [2.75, 3.05) is 36.5 Å². The molecular formula is C21H25N3O3. The van der Waals surface area contributed by atoms with Crippen LogP contribution in [0.5, 0.6) is 0 Å². The van der Waals surface area contributed by atoms with Crippen LogP contribution in [-0.4, -0.2) is 43.0 Å². The fourth-order valence-corrected chi connectivity index (χ4v) is 3.82. The first-order chi connectivity index (χ1) is 13.0. The number of ether oxygens (including phenoxy) is 2. The topological polar surface area (TPSA) is 63.7 Å². The number of amides is 1. The van der Waals surface area contributed by atoms with Crippen molar-refractivity contribution in [3.8, 4) is 0 Å². The maximum Gasteiger partial charge on any atom is 0.257 e. The Hall–Kier alpha value is -2.44. The van der Waals surface area contributed by atoms with Crippen molar-refractivity contribution >= 4 is 17.4 Å². The lowest BCUT2D eigenvalue weighted by molar-refractivity contribution is -0.169. The monoisotopic (exact) mass is 367 g/mol. The van der Waals surface area contributed by atoms with Crippen molar-refractivity contribution in [1.82, 2.24) is 4.98 Å². The Kier molecular flexibility index (Phi) is 4.85. The van der Waals surface area contributed by atoms with E-state index in [9.17, 15) is 4.79 Å². The van der Waals surface area contributed by atoms with Crippen LogP contribution < -0.4 is 10.2 Å². The minimum absolute atomic E-state index is 0.149. The molecule has 6 heteroatoms. The molecule has 1 amide bonds. The molecule has 1 aromatic heterocycles. The molecule has 0 aliphatic carbocycles. The van der Waals surface area contributed by atoms with Gasteiger partial charge in [0.15, 0.2) is 5.79 Å². The standard InChI is InChI=1S/C21H25N3O3/c1-15-11-16(2)13-18(12-15)23-20(25)17-3-4-19(22-14-17)24-7-5-21(6-8-24)26-9-10-27-21/h3-4,11-14H,5-10H2,1-2H3,(H,23,25). The average Bonchev–Trinajstić information content (AvgIpc) is 3.10. The van der Waals surface area contributed by atoms with Gasteiger partial charge in [-0.15, -0.1) is 0 Å². The van der Waals surface area contributed by atoms with E-state index in [1.54, 1.807) is 6.20 Å². The first-order valence-electron chi connectivity index (χ1n) is 9.42. The van der Waals surface area contributed by atoms with Gasteiger partial charge < -0.3 is 19.7 Å². The largest absolute Gasteiger partial charge is 0.356 e. The summed E-state index contributed by atoms with van der Waals surface area (Å²) in [5.74, 6) is 0.345. The third kappa shape index (κ3) is 3.96. The van der Waals surface area contributed by atoms with Crippen LogP contribution in [0.1, 0.15) is 34.3 Å². The van der Waals surface area contributed by atoms with Crippen LogP contribution in [0, 0.1) is 13.8 Å². The van der Waals surface area contributed by atoms with Gasteiger partial charge in [-0.05, 0) is 49.2 Å². The van der Waals surface area contributed by atoms with Gasteiger partial charge in [0.1, 0.15) is 5.82 Å². The summed E-state index contributed by atoms with van der Waals surface area (Å²) in [6.07, 6.45) is 3.31. The van der Waals surface area contributed by atoms with Crippen molar-refractivity contribution in [2.45, 2.75) is 32.5 Å². The molecule has 0 saturated carbocycles. The summed E-state index contributed by atoms with van der Waals surface area (Å²) < 4.78 is 11.5. The SMILES string of the molecule is Cc1cc(C)cc(NC(=O)c2ccc(N3CCC4(CC3)OCCO4)nc2)c1. The fourth-order valence-electron chi connectivity index (χ4n) is 3.82. The van der Waals surface area contributed by atoms with Crippen molar-refractivity contribution in [3.05, 3.63) is 53.2 Å². The summed E-state index contributed by atoms with van der Waals surface area (Å²) in [4.78, 5) is 19.2. The van der Waals surface area contributed by atoms with Gasteiger partial charge in [0.05, 0.1) is 18.8 Å². The number of nitrogens with one attached hydrogen (secondary N) is 1. The Morgan fingerprint density at radius 2 is 1.74 bits per heavy atom. The molecule has 0 radical (unpaired) electrons. The zero-order valence-electron chi connectivity index (χ0n) is 15.8. The summed E-state index contributed by atoms with van der Waals surface area (Å²) in [7, 11) is 0. The number of hydrogen-bond acceptors (Lipinski definition) is 5. The fraction of sp³-hybridized carbons (Fsp3) is 0.429.